The maximum atomic E-state index is 12.2. The molecule has 1 atom stereocenters. The van der Waals surface area contributed by atoms with Gasteiger partial charge in [0.25, 0.3) is 0 Å². The number of likely N-dealkylation sites (tertiary alicyclic amines) is 1. The van der Waals surface area contributed by atoms with Crippen LogP contribution in [-0.2, 0) is 20.7 Å². The Morgan fingerprint density at radius 3 is 2.69 bits per heavy atom. The smallest absolute Gasteiger partial charge is 0.306 e. The van der Waals surface area contributed by atoms with Gasteiger partial charge in [0.1, 0.15) is 0 Å². The van der Waals surface area contributed by atoms with Crippen LogP contribution in [0.4, 0.5) is 0 Å². The predicted octanol–water partition coefficient (Wildman–Crippen LogP) is 3.01. The Morgan fingerprint density at radius 2 is 2.00 bits per heavy atom. The summed E-state index contributed by atoms with van der Waals surface area (Å²) in [6.45, 7) is 3.90. The van der Waals surface area contributed by atoms with E-state index in [1.54, 1.807) is 4.90 Å². The Bertz CT molecular complexity index is 591. The Labute approximate surface area is 161 Å². The molecule has 1 heterocycles. The van der Waals surface area contributed by atoms with Gasteiger partial charge in [0, 0.05) is 38.1 Å². The van der Waals surface area contributed by atoms with E-state index in [9.17, 15) is 9.59 Å². The van der Waals surface area contributed by atoms with Crippen molar-refractivity contribution in [3.05, 3.63) is 34.9 Å². The molecule has 1 saturated heterocycles. The first-order valence-electron chi connectivity index (χ1n) is 9.25. The van der Waals surface area contributed by atoms with E-state index in [-0.39, 0.29) is 24.7 Å². The van der Waals surface area contributed by atoms with Crippen molar-refractivity contribution in [2.24, 2.45) is 5.92 Å². The summed E-state index contributed by atoms with van der Waals surface area (Å²) in [5, 5.41) is 0.770. The van der Waals surface area contributed by atoms with Crippen LogP contribution in [0.3, 0.4) is 0 Å². The van der Waals surface area contributed by atoms with Crippen LogP contribution >= 0.6 is 11.6 Å². The highest BCUT2D eigenvalue weighted by Crippen LogP contribution is 2.19. The quantitative estimate of drug-likeness (QED) is 0.650. The van der Waals surface area contributed by atoms with Crippen molar-refractivity contribution in [2.45, 2.75) is 32.1 Å². The number of hydrogen-bond acceptors (Lipinski definition) is 4. The normalized spacial score (nSPS) is 17.7. The third-order valence-electron chi connectivity index (χ3n) is 4.96. The Balaban J connectivity index is 1.73. The minimum absolute atomic E-state index is 0.00804. The van der Waals surface area contributed by atoms with Gasteiger partial charge in [0.2, 0.25) is 5.91 Å². The first kappa shape index (κ1) is 20.7. The van der Waals surface area contributed by atoms with Gasteiger partial charge < -0.3 is 14.5 Å². The number of piperidine rings is 1. The third kappa shape index (κ3) is 6.96. The molecule has 1 aliphatic heterocycles. The first-order chi connectivity index (χ1) is 12.5. The number of ether oxygens (including phenoxy) is 1. The number of hydrogen-bond donors (Lipinski definition) is 0. The molecular formula is C20H29ClN2O3. The number of nitrogens with zero attached hydrogens (tertiary/aromatic N) is 2. The van der Waals surface area contributed by atoms with Gasteiger partial charge in [-0.1, -0.05) is 23.7 Å². The molecule has 0 aromatic heterocycles. The van der Waals surface area contributed by atoms with Crippen molar-refractivity contribution in [1.82, 2.24) is 9.80 Å². The van der Waals surface area contributed by atoms with Gasteiger partial charge >= 0.3 is 5.97 Å². The molecule has 0 unspecified atom stereocenters. The van der Waals surface area contributed by atoms with E-state index in [0.717, 1.165) is 50.5 Å². The Hall–Kier alpha value is -1.59. The molecule has 144 valence electrons. The van der Waals surface area contributed by atoms with Crippen LogP contribution in [0.5, 0.6) is 0 Å². The van der Waals surface area contributed by atoms with Crippen molar-refractivity contribution < 1.29 is 14.3 Å². The second kappa shape index (κ2) is 10.5. The number of esters is 1. The molecular weight excluding hydrogens is 352 g/mol. The summed E-state index contributed by atoms with van der Waals surface area (Å²) >= 11 is 5.93. The molecule has 1 aliphatic rings. The summed E-state index contributed by atoms with van der Waals surface area (Å²) in [6, 6.07) is 8.03. The molecule has 0 spiro atoms. The monoisotopic (exact) mass is 380 g/mol. The second-order valence-electron chi connectivity index (χ2n) is 7.04. The van der Waals surface area contributed by atoms with Crippen molar-refractivity contribution in [3.63, 3.8) is 0 Å². The summed E-state index contributed by atoms with van der Waals surface area (Å²) in [6.07, 6.45) is 3.69. The van der Waals surface area contributed by atoms with Crippen molar-refractivity contribution >= 4 is 23.5 Å². The van der Waals surface area contributed by atoms with Crippen molar-refractivity contribution in [1.29, 1.82) is 0 Å². The minimum atomic E-state index is -0.335. The lowest BCUT2D eigenvalue weighted by molar-refractivity contribution is -0.143. The van der Waals surface area contributed by atoms with E-state index < -0.39 is 0 Å². The number of carbonyl (C=O) groups is 2. The van der Waals surface area contributed by atoms with Gasteiger partial charge in [0.15, 0.2) is 0 Å². The van der Waals surface area contributed by atoms with E-state index in [1.807, 2.05) is 19.2 Å². The lowest BCUT2D eigenvalue weighted by Crippen LogP contribution is -2.42. The molecule has 1 fully saturated rings. The van der Waals surface area contributed by atoms with E-state index in [1.165, 1.54) is 12.7 Å². The number of halogens is 1. The fraction of sp³-hybridized carbons (Fsp3) is 0.600. The van der Waals surface area contributed by atoms with Crippen LogP contribution in [0.2, 0.25) is 5.02 Å². The molecule has 2 rings (SSSR count). The standard InChI is InChI=1S/C20H29ClN2O3/c1-22(19(24)9-10-20(25)26-2)14-17-4-3-12-23(15-17)13-11-16-5-7-18(21)8-6-16/h5-8,17H,3-4,9-15H2,1-2H3/t17-/m1/s1. The summed E-state index contributed by atoms with van der Waals surface area (Å²) in [7, 11) is 3.17. The lowest BCUT2D eigenvalue weighted by atomic mass is 9.97. The summed E-state index contributed by atoms with van der Waals surface area (Å²) < 4.78 is 4.59. The molecule has 0 radical (unpaired) electrons. The molecule has 1 amide bonds. The highest BCUT2D eigenvalue weighted by atomic mass is 35.5. The molecule has 0 bridgehead atoms. The maximum Gasteiger partial charge on any atom is 0.306 e. The summed E-state index contributed by atoms with van der Waals surface area (Å²) in [4.78, 5) is 27.6. The van der Waals surface area contributed by atoms with Gasteiger partial charge in [-0.25, -0.2) is 0 Å². The number of rotatable bonds is 8. The van der Waals surface area contributed by atoms with E-state index >= 15 is 0 Å². The highest BCUT2D eigenvalue weighted by molar-refractivity contribution is 6.30. The predicted molar refractivity (Wildman–Crippen MR) is 103 cm³/mol. The van der Waals surface area contributed by atoms with Gasteiger partial charge in [0.05, 0.1) is 13.5 Å². The molecule has 1 aromatic carbocycles. The number of carbonyl (C=O) groups excluding carboxylic acids is 2. The molecule has 26 heavy (non-hydrogen) atoms. The lowest BCUT2D eigenvalue weighted by Gasteiger charge is -2.34. The largest absolute Gasteiger partial charge is 0.469 e. The van der Waals surface area contributed by atoms with Gasteiger partial charge in [-0.05, 0) is 49.4 Å². The fourth-order valence-corrected chi connectivity index (χ4v) is 3.56. The van der Waals surface area contributed by atoms with E-state index in [4.69, 9.17) is 11.6 Å². The Kier molecular flexibility index (Phi) is 8.39. The van der Waals surface area contributed by atoms with Crippen LogP contribution in [-0.4, -0.2) is 62.0 Å². The summed E-state index contributed by atoms with van der Waals surface area (Å²) in [5.74, 6) is 0.160. The molecule has 5 nitrogen and oxygen atoms in total. The SMILES string of the molecule is COC(=O)CCC(=O)N(C)C[C@H]1CCCN(CCc2ccc(Cl)cc2)C1. The highest BCUT2D eigenvalue weighted by Gasteiger charge is 2.22. The van der Waals surface area contributed by atoms with Crippen molar-refractivity contribution in [2.75, 3.05) is 40.3 Å². The molecule has 1 aromatic rings. The molecule has 6 heteroatoms. The van der Waals surface area contributed by atoms with E-state index in [2.05, 4.69) is 21.8 Å². The van der Waals surface area contributed by atoms with Crippen LogP contribution in [0.15, 0.2) is 24.3 Å². The van der Waals surface area contributed by atoms with Gasteiger partial charge in [-0.2, -0.15) is 0 Å². The number of amides is 1. The topological polar surface area (TPSA) is 49.9 Å². The zero-order valence-electron chi connectivity index (χ0n) is 15.7. The third-order valence-corrected chi connectivity index (χ3v) is 5.21. The van der Waals surface area contributed by atoms with Crippen LogP contribution in [0, 0.1) is 5.92 Å². The van der Waals surface area contributed by atoms with Gasteiger partial charge in [-0.15, -0.1) is 0 Å². The van der Waals surface area contributed by atoms with Crippen molar-refractivity contribution in [3.8, 4) is 0 Å². The zero-order valence-corrected chi connectivity index (χ0v) is 16.5. The van der Waals surface area contributed by atoms with E-state index in [0.29, 0.717) is 5.92 Å². The van der Waals surface area contributed by atoms with Gasteiger partial charge in [-0.3, -0.25) is 9.59 Å². The van der Waals surface area contributed by atoms with Crippen LogP contribution in [0.25, 0.3) is 0 Å². The fourth-order valence-electron chi connectivity index (χ4n) is 3.43. The number of methoxy groups -OCH3 is 1. The maximum absolute atomic E-state index is 12.2. The first-order valence-corrected chi connectivity index (χ1v) is 9.63. The Morgan fingerprint density at radius 1 is 1.27 bits per heavy atom. The van der Waals surface area contributed by atoms with Crippen LogP contribution in [0.1, 0.15) is 31.2 Å². The summed E-state index contributed by atoms with van der Waals surface area (Å²) in [5.41, 5.74) is 1.30. The average Bonchev–Trinajstić information content (AvgIpc) is 2.65. The zero-order chi connectivity index (χ0) is 18.9. The average molecular weight is 381 g/mol. The molecule has 0 saturated carbocycles. The van der Waals surface area contributed by atoms with Crippen LogP contribution < -0.4 is 0 Å². The molecule has 0 N–H and O–H groups in total. The molecule has 0 aliphatic carbocycles. The number of benzene rings is 1. The minimum Gasteiger partial charge on any atom is -0.469 e. The second-order valence-corrected chi connectivity index (χ2v) is 7.47.